The second-order valence-corrected chi connectivity index (χ2v) is 7.06. The summed E-state index contributed by atoms with van der Waals surface area (Å²) in [5.74, 6) is 0.295. The average Bonchev–Trinajstić information content (AvgIpc) is 2.54. The van der Waals surface area contributed by atoms with Gasteiger partial charge in [0.25, 0.3) is 0 Å². The first-order valence-corrected chi connectivity index (χ1v) is 8.78. The van der Waals surface area contributed by atoms with Gasteiger partial charge in [0.05, 0.1) is 6.20 Å². The molecule has 1 amide bonds. The monoisotopic (exact) mass is 374 g/mol. The van der Waals surface area contributed by atoms with E-state index in [0.717, 1.165) is 25.1 Å². The highest BCUT2D eigenvalue weighted by molar-refractivity contribution is 5.68. The summed E-state index contributed by atoms with van der Waals surface area (Å²) < 4.78 is 48.8. The molecule has 26 heavy (non-hydrogen) atoms. The third-order valence-corrected chi connectivity index (χ3v) is 4.25. The number of hydrogen-bond donors (Lipinski definition) is 0. The van der Waals surface area contributed by atoms with Gasteiger partial charge in [-0.1, -0.05) is 13.3 Å². The Kier molecular flexibility index (Phi) is 6.36. The zero-order valence-corrected chi connectivity index (χ0v) is 15.3. The maximum Gasteiger partial charge on any atom is 0.433 e. The fourth-order valence-corrected chi connectivity index (χ4v) is 2.92. The maximum atomic E-state index is 12.5. The summed E-state index contributed by atoms with van der Waals surface area (Å²) in [7, 11) is 0. The van der Waals surface area contributed by atoms with Crippen LogP contribution in [0.1, 0.15) is 52.1 Å². The normalized spacial score (nSPS) is 16.5. The second kappa shape index (κ2) is 8.14. The minimum Gasteiger partial charge on any atom is -0.489 e. The van der Waals surface area contributed by atoms with Crippen LogP contribution in [0, 0.1) is 0 Å². The summed E-state index contributed by atoms with van der Waals surface area (Å²) in [6.45, 7) is 6.79. The minimum absolute atomic E-state index is 0.166. The van der Waals surface area contributed by atoms with Gasteiger partial charge in [0, 0.05) is 25.9 Å². The molecule has 0 unspecified atom stereocenters. The fourth-order valence-electron chi connectivity index (χ4n) is 2.92. The Morgan fingerprint density at radius 1 is 1.27 bits per heavy atom. The van der Waals surface area contributed by atoms with E-state index in [1.807, 2.05) is 20.8 Å². The number of ether oxygens (including phenoxy) is 2. The number of pyridine rings is 1. The minimum atomic E-state index is -4.46. The van der Waals surface area contributed by atoms with Crippen molar-refractivity contribution < 1.29 is 27.4 Å². The first-order chi connectivity index (χ1) is 12.1. The molecule has 0 atom stereocenters. The molecule has 0 radical (unpaired) electrons. The van der Waals surface area contributed by atoms with Crippen molar-refractivity contribution in [2.24, 2.45) is 0 Å². The van der Waals surface area contributed by atoms with E-state index in [1.165, 1.54) is 6.07 Å². The molecule has 1 aromatic heterocycles. The Hall–Kier alpha value is -1.99. The zero-order chi connectivity index (χ0) is 19.4. The fraction of sp³-hybridized carbons (Fsp3) is 0.667. The Morgan fingerprint density at radius 3 is 2.42 bits per heavy atom. The van der Waals surface area contributed by atoms with Crippen molar-refractivity contribution in [1.82, 2.24) is 9.88 Å². The van der Waals surface area contributed by atoms with Crippen LogP contribution in [0.15, 0.2) is 18.3 Å². The molecule has 2 heterocycles. The smallest absolute Gasteiger partial charge is 0.433 e. The van der Waals surface area contributed by atoms with Crippen molar-refractivity contribution in [2.75, 3.05) is 13.1 Å². The van der Waals surface area contributed by atoms with Crippen LogP contribution in [0.3, 0.4) is 0 Å². The Labute approximate surface area is 151 Å². The molecule has 0 N–H and O–H groups in total. The number of carbonyl (C=O) groups excluding carboxylic acids is 1. The Balaban J connectivity index is 1.82. The molecular formula is C18H25F3N2O3. The van der Waals surface area contributed by atoms with Gasteiger partial charge >= 0.3 is 12.3 Å². The molecule has 0 aromatic carbocycles. The van der Waals surface area contributed by atoms with E-state index in [4.69, 9.17) is 9.47 Å². The van der Waals surface area contributed by atoms with Crippen LogP contribution < -0.4 is 4.74 Å². The van der Waals surface area contributed by atoms with Crippen molar-refractivity contribution in [3.8, 4) is 5.75 Å². The molecule has 8 heteroatoms. The maximum absolute atomic E-state index is 12.5. The van der Waals surface area contributed by atoms with Crippen molar-refractivity contribution in [1.29, 1.82) is 0 Å². The van der Waals surface area contributed by atoms with Crippen LogP contribution in [-0.4, -0.2) is 40.8 Å². The van der Waals surface area contributed by atoms with Crippen LogP contribution in [0.2, 0.25) is 0 Å². The quantitative estimate of drug-likeness (QED) is 0.752. The molecule has 1 fully saturated rings. The number of carbonyl (C=O) groups is 1. The predicted octanol–water partition coefficient (Wildman–Crippen LogP) is 4.66. The summed E-state index contributed by atoms with van der Waals surface area (Å²) in [6.07, 6.45) is -0.989. The molecular weight excluding hydrogens is 349 g/mol. The number of rotatable bonds is 5. The van der Waals surface area contributed by atoms with Crippen LogP contribution in [0.5, 0.6) is 5.75 Å². The highest BCUT2D eigenvalue weighted by Crippen LogP contribution is 2.29. The highest BCUT2D eigenvalue weighted by atomic mass is 19.4. The number of halogens is 3. The molecule has 2 rings (SSSR count). The van der Waals surface area contributed by atoms with E-state index >= 15 is 0 Å². The van der Waals surface area contributed by atoms with Gasteiger partial charge in [-0.25, -0.2) is 9.78 Å². The Morgan fingerprint density at radius 2 is 1.92 bits per heavy atom. The Bertz CT molecular complexity index is 595. The van der Waals surface area contributed by atoms with E-state index in [9.17, 15) is 18.0 Å². The lowest BCUT2D eigenvalue weighted by Gasteiger charge is -2.34. The SMILES string of the molecule is CCCC(C)(C)OC(=O)N1CCC(Oc2ccc(C(F)(F)F)nc2)CC1. The van der Waals surface area contributed by atoms with E-state index in [1.54, 1.807) is 4.90 Å². The zero-order valence-electron chi connectivity index (χ0n) is 15.3. The van der Waals surface area contributed by atoms with Gasteiger partial charge in [0.2, 0.25) is 0 Å². The number of amides is 1. The molecule has 0 saturated carbocycles. The van der Waals surface area contributed by atoms with Gasteiger partial charge in [-0.05, 0) is 32.4 Å². The van der Waals surface area contributed by atoms with Crippen LogP contribution in [-0.2, 0) is 10.9 Å². The summed E-state index contributed by atoms with van der Waals surface area (Å²) in [6, 6.07) is 2.17. The van der Waals surface area contributed by atoms with Crippen LogP contribution in [0.4, 0.5) is 18.0 Å². The predicted molar refractivity (Wildman–Crippen MR) is 89.9 cm³/mol. The summed E-state index contributed by atoms with van der Waals surface area (Å²) >= 11 is 0. The van der Waals surface area contributed by atoms with Gasteiger partial charge in [-0.15, -0.1) is 0 Å². The third kappa shape index (κ3) is 5.78. The molecule has 0 spiro atoms. The molecule has 1 aliphatic rings. The molecule has 1 saturated heterocycles. The molecule has 5 nitrogen and oxygen atoms in total. The molecule has 0 aliphatic carbocycles. The number of nitrogens with zero attached hydrogens (tertiary/aromatic N) is 2. The van der Waals surface area contributed by atoms with Crippen LogP contribution in [0.25, 0.3) is 0 Å². The standard InChI is InChI=1S/C18H25F3N2O3/c1-4-9-17(2,3)26-16(24)23-10-7-13(8-11-23)25-14-5-6-15(22-12-14)18(19,20)21/h5-6,12-13H,4,7-11H2,1-3H3. The molecule has 1 aliphatic heterocycles. The molecule has 146 valence electrons. The van der Waals surface area contributed by atoms with Gasteiger partial charge in [0.15, 0.2) is 0 Å². The van der Waals surface area contributed by atoms with Crippen molar-refractivity contribution >= 4 is 6.09 Å². The average molecular weight is 374 g/mol. The lowest BCUT2D eigenvalue weighted by atomic mass is 10.0. The number of alkyl halides is 3. The number of hydrogen-bond acceptors (Lipinski definition) is 4. The largest absolute Gasteiger partial charge is 0.489 e. The van der Waals surface area contributed by atoms with E-state index < -0.39 is 17.5 Å². The van der Waals surface area contributed by atoms with Crippen molar-refractivity contribution in [3.63, 3.8) is 0 Å². The number of aromatic nitrogens is 1. The lowest BCUT2D eigenvalue weighted by Crippen LogP contribution is -2.44. The van der Waals surface area contributed by atoms with Gasteiger partial charge in [-0.2, -0.15) is 13.2 Å². The highest BCUT2D eigenvalue weighted by Gasteiger charge is 2.32. The van der Waals surface area contributed by atoms with Gasteiger partial charge in [0.1, 0.15) is 23.1 Å². The van der Waals surface area contributed by atoms with Crippen molar-refractivity contribution in [2.45, 2.75) is 64.3 Å². The van der Waals surface area contributed by atoms with E-state index in [-0.39, 0.29) is 12.2 Å². The summed E-state index contributed by atoms with van der Waals surface area (Å²) in [5.41, 5.74) is -1.44. The van der Waals surface area contributed by atoms with Gasteiger partial charge in [-0.3, -0.25) is 0 Å². The topological polar surface area (TPSA) is 51.7 Å². The number of likely N-dealkylation sites (tertiary alicyclic amines) is 1. The number of piperidine rings is 1. The first kappa shape index (κ1) is 20.3. The lowest BCUT2D eigenvalue weighted by molar-refractivity contribution is -0.141. The van der Waals surface area contributed by atoms with E-state index in [0.29, 0.717) is 31.7 Å². The first-order valence-electron chi connectivity index (χ1n) is 8.78. The van der Waals surface area contributed by atoms with Gasteiger partial charge < -0.3 is 14.4 Å². The summed E-state index contributed by atoms with van der Waals surface area (Å²) in [4.78, 5) is 17.3. The van der Waals surface area contributed by atoms with Crippen molar-refractivity contribution in [3.05, 3.63) is 24.0 Å². The summed E-state index contributed by atoms with van der Waals surface area (Å²) in [5, 5.41) is 0. The van der Waals surface area contributed by atoms with E-state index in [2.05, 4.69) is 4.98 Å². The molecule has 0 bridgehead atoms. The molecule has 1 aromatic rings. The third-order valence-electron chi connectivity index (χ3n) is 4.25. The van der Waals surface area contributed by atoms with Crippen LogP contribution >= 0.6 is 0 Å². The second-order valence-electron chi connectivity index (χ2n) is 7.06.